The highest BCUT2D eigenvalue weighted by atomic mass is 35.5. The Labute approximate surface area is 185 Å². The van der Waals surface area contributed by atoms with Crippen molar-refractivity contribution >= 4 is 39.1 Å². The summed E-state index contributed by atoms with van der Waals surface area (Å²) in [5.74, 6) is 0.853. The minimum atomic E-state index is -3.83. The zero-order valence-corrected chi connectivity index (χ0v) is 18.8. The Balaban J connectivity index is 1.73. The highest BCUT2D eigenvalue weighted by molar-refractivity contribution is 7.89. The fraction of sp³-hybridized carbons (Fsp3) is 0.350. The van der Waals surface area contributed by atoms with E-state index in [0.29, 0.717) is 17.9 Å². The van der Waals surface area contributed by atoms with Gasteiger partial charge in [0.05, 0.1) is 29.8 Å². The minimum absolute atomic E-state index is 0.0363. The van der Waals surface area contributed by atoms with Crippen LogP contribution in [0.3, 0.4) is 0 Å². The van der Waals surface area contributed by atoms with Crippen LogP contribution in [-0.2, 0) is 16.4 Å². The second-order valence-corrected chi connectivity index (χ2v) is 9.34. The Morgan fingerprint density at radius 2 is 1.83 bits per heavy atom. The van der Waals surface area contributed by atoms with E-state index < -0.39 is 15.9 Å². The van der Waals surface area contributed by atoms with Gasteiger partial charge in [-0.2, -0.15) is 0 Å². The lowest BCUT2D eigenvalue weighted by molar-refractivity contribution is 0.0954. The Kier molecular flexibility index (Phi) is 7.13. The summed E-state index contributed by atoms with van der Waals surface area (Å²) in [6.45, 7) is 0.281. The van der Waals surface area contributed by atoms with Crippen LogP contribution in [0, 0.1) is 0 Å². The quantitative estimate of drug-likeness (QED) is 0.582. The van der Waals surface area contributed by atoms with Gasteiger partial charge in [0.15, 0.2) is 0 Å². The molecule has 0 aliphatic heterocycles. The molecule has 0 spiro atoms. The molecular weight excluding hydrogens is 451 g/mol. The number of methoxy groups -OCH3 is 2. The van der Waals surface area contributed by atoms with E-state index >= 15 is 0 Å². The fourth-order valence-electron chi connectivity index (χ4n) is 2.88. The number of benzene rings is 2. The Hall–Kier alpha value is -2.00. The van der Waals surface area contributed by atoms with Crippen molar-refractivity contribution in [2.75, 3.05) is 20.8 Å². The number of hydrogen-bond acceptors (Lipinski definition) is 5. The van der Waals surface area contributed by atoms with E-state index in [0.717, 1.165) is 18.4 Å². The van der Waals surface area contributed by atoms with Gasteiger partial charge in [-0.1, -0.05) is 23.2 Å². The second-order valence-electron chi connectivity index (χ2n) is 6.84. The molecule has 2 aromatic carbocycles. The SMILES string of the molecule is COc1ccc(OC)c(CCNC(=O)c2cc(S(=O)(=O)NC3CC3)c(Cl)cc2Cl)c1. The van der Waals surface area contributed by atoms with Gasteiger partial charge in [0, 0.05) is 12.6 Å². The van der Waals surface area contributed by atoms with Crippen molar-refractivity contribution in [3.63, 3.8) is 0 Å². The van der Waals surface area contributed by atoms with Crippen molar-refractivity contribution in [2.24, 2.45) is 0 Å². The predicted octanol–water partition coefficient (Wildman–Crippen LogP) is 3.42. The Morgan fingerprint density at radius 1 is 1.10 bits per heavy atom. The number of halogens is 2. The number of carbonyl (C=O) groups is 1. The molecule has 2 aromatic rings. The number of ether oxygens (including phenoxy) is 2. The van der Waals surface area contributed by atoms with Gasteiger partial charge in [-0.25, -0.2) is 13.1 Å². The highest BCUT2D eigenvalue weighted by Crippen LogP contribution is 2.31. The number of carbonyl (C=O) groups excluding carboxylic acids is 1. The molecular formula is C20H22Cl2N2O5S. The monoisotopic (exact) mass is 472 g/mol. The molecule has 0 unspecified atom stereocenters. The number of hydrogen-bond donors (Lipinski definition) is 2. The van der Waals surface area contributed by atoms with Crippen molar-refractivity contribution in [3.05, 3.63) is 51.5 Å². The normalized spacial score (nSPS) is 13.7. The Morgan fingerprint density at radius 3 is 2.47 bits per heavy atom. The van der Waals surface area contributed by atoms with E-state index in [1.54, 1.807) is 26.4 Å². The first-order valence-electron chi connectivity index (χ1n) is 9.25. The molecule has 1 amide bonds. The summed E-state index contributed by atoms with van der Waals surface area (Å²) in [5, 5.41) is 2.79. The van der Waals surface area contributed by atoms with E-state index in [2.05, 4.69) is 10.0 Å². The molecule has 0 saturated heterocycles. The lowest BCUT2D eigenvalue weighted by Gasteiger charge is -2.13. The number of nitrogens with one attached hydrogen (secondary N) is 2. The third-order valence-corrected chi connectivity index (χ3v) is 6.92. The number of rotatable bonds is 9. The molecule has 162 valence electrons. The molecule has 0 radical (unpaired) electrons. The molecule has 0 heterocycles. The smallest absolute Gasteiger partial charge is 0.252 e. The molecule has 0 atom stereocenters. The average molecular weight is 473 g/mol. The van der Waals surface area contributed by atoms with Gasteiger partial charge >= 0.3 is 0 Å². The lowest BCUT2D eigenvalue weighted by atomic mass is 10.1. The maximum Gasteiger partial charge on any atom is 0.252 e. The maximum atomic E-state index is 12.6. The summed E-state index contributed by atoms with van der Waals surface area (Å²) < 4.78 is 38.1. The number of sulfonamides is 1. The molecule has 30 heavy (non-hydrogen) atoms. The summed E-state index contributed by atoms with van der Waals surface area (Å²) in [5.41, 5.74) is 0.895. The van der Waals surface area contributed by atoms with Gasteiger partial charge in [0.25, 0.3) is 5.91 Å². The molecule has 3 rings (SSSR count). The van der Waals surface area contributed by atoms with Gasteiger partial charge in [0.2, 0.25) is 10.0 Å². The van der Waals surface area contributed by atoms with Crippen LogP contribution in [0.1, 0.15) is 28.8 Å². The average Bonchev–Trinajstić information content (AvgIpc) is 3.50. The van der Waals surface area contributed by atoms with Gasteiger partial charge < -0.3 is 14.8 Å². The zero-order chi connectivity index (χ0) is 21.9. The second kappa shape index (κ2) is 9.43. The molecule has 1 aliphatic carbocycles. The van der Waals surface area contributed by atoms with Crippen LogP contribution in [0.25, 0.3) is 0 Å². The lowest BCUT2D eigenvalue weighted by Crippen LogP contribution is -2.28. The zero-order valence-electron chi connectivity index (χ0n) is 16.5. The summed E-state index contributed by atoms with van der Waals surface area (Å²) in [6, 6.07) is 7.79. The molecule has 1 aliphatic rings. The minimum Gasteiger partial charge on any atom is -0.497 e. The van der Waals surface area contributed by atoms with Gasteiger partial charge in [-0.15, -0.1) is 0 Å². The van der Waals surface area contributed by atoms with Gasteiger partial charge in [-0.05, 0) is 55.2 Å². The first-order chi connectivity index (χ1) is 14.2. The summed E-state index contributed by atoms with van der Waals surface area (Å²) in [4.78, 5) is 12.5. The van der Waals surface area contributed by atoms with E-state index in [1.807, 2.05) is 6.07 Å². The third-order valence-electron chi connectivity index (χ3n) is 4.62. The standard InChI is InChI=1S/C20H22Cl2N2O5S/c1-28-14-5-6-18(29-2)12(9-14)7-8-23-20(25)15-10-19(17(22)11-16(15)21)30(26,27)24-13-3-4-13/h5-6,9-11,13,24H,3-4,7-8H2,1-2H3,(H,23,25). The van der Waals surface area contributed by atoms with Crippen LogP contribution in [0.2, 0.25) is 10.0 Å². The van der Waals surface area contributed by atoms with Gasteiger partial charge in [0.1, 0.15) is 16.4 Å². The Bertz CT molecular complexity index is 1060. The largest absolute Gasteiger partial charge is 0.497 e. The molecule has 0 aromatic heterocycles. The highest BCUT2D eigenvalue weighted by Gasteiger charge is 2.30. The van der Waals surface area contributed by atoms with E-state index in [4.69, 9.17) is 32.7 Å². The third kappa shape index (κ3) is 5.37. The van der Waals surface area contributed by atoms with Crippen molar-refractivity contribution in [1.29, 1.82) is 0 Å². The first kappa shape index (κ1) is 22.7. The van der Waals surface area contributed by atoms with E-state index in [-0.39, 0.29) is 33.1 Å². The predicted molar refractivity (Wildman–Crippen MR) is 115 cm³/mol. The number of amides is 1. The van der Waals surface area contributed by atoms with Crippen LogP contribution in [0.5, 0.6) is 11.5 Å². The van der Waals surface area contributed by atoms with Crippen LogP contribution in [0.4, 0.5) is 0 Å². The fourth-order valence-corrected chi connectivity index (χ4v) is 5.04. The summed E-state index contributed by atoms with van der Waals surface area (Å²) in [6.07, 6.45) is 2.04. The summed E-state index contributed by atoms with van der Waals surface area (Å²) >= 11 is 12.2. The van der Waals surface area contributed by atoms with E-state index in [9.17, 15) is 13.2 Å². The van der Waals surface area contributed by atoms with Crippen LogP contribution in [-0.4, -0.2) is 41.1 Å². The van der Waals surface area contributed by atoms with Crippen LogP contribution in [0.15, 0.2) is 35.2 Å². The van der Waals surface area contributed by atoms with Crippen molar-refractivity contribution in [1.82, 2.24) is 10.0 Å². The maximum absolute atomic E-state index is 12.6. The molecule has 1 fully saturated rings. The molecule has 1 saturated carbocycles. The van der Waals surface area contributed by atoms with Crippen molar-refractivity contribution in [2.45, 2.75) is 30.2 Å². The molecule has 2 N–H and O–H groups in total. The van der Waals surface area contributed by atoms with Crippen molar-refractivity contribution < 1.29 is 22.7 Å². The first-order valence-corrected chi connectivity index (χ1v) is 11.5. The molecule has 0 bridgehead atoms. The topological polar surface area (TPSA) is 93.7 Å². The van der Waals surface area contributed by atoms with Crippen LogP contribution < -0.4 is 19.5 Å². The van der Waals surface area contributed by atoms with E-state index in [1.165, 1.54) is 12.1 Å². The van der Waals surface area contributed by atoms with Crippen LogP contribution >= 0.6 is 23.2 Å². The summed E-state index contributed by atoms with van der Waals surface area (Å²) in [7, 11) is -0.698. The molecule has 10 heteroatoms. The van der Waals surface area contributed by atoms with Gasteiger partial charge in [-0.3, -0.25) is 4.79 Å². The molecule has 7 nitrogen and oxygen atoms in total. The van der Waals surface area contributed by atoms with Crippen molar-refractivity contribution in [3.8, 4) is 11.5 Å².